The van der Waals surface area contributed by atoms with E-state index in [0.717, 1.165) is 5.56 Å². The lowest BCUT2D eigenvalue weighted by Crippen LogP contribution is -2.69. The third kappa shape index (κ3) is 6.73. The highest BCUT2D eigenvalue weighted by Gasteiger charge is 2.60. The maximum Gasteiger partial charge on any atom is 0.314 e. The molecule has 1 fully saturated rings. The summed E-state index contributed by atoms with van der Waals surface area (Å²) in [5.41, 5.74) is 0.868. The number of hydrogen-bond acceptors (Lipinski definition) is 7. The van der Waals surface area contributed by atoms with Gasteiger partial charge in [-0.05, 0) is 30.6 Å². The van der Waals surface area contributed by atoms with E-state index in [-0.39, 0.29) is 23.5 Å². The summed E-state index contributed by atoms with van der Waals surface area (Å²) in [7, 11) is 0.910. The summed E-state index contributed by atoms with van der Waals surface area (Å²) in [5.74, 6) is -3.65. The first-order valence-corrected chi connectivity index (χ1v) is 15.4. The highest BCUT2D eigenvalue weighted by Crippen LogP contribution is 2.46. The Morgan fingerprint density at radius 1 is 1.17 bits per heavy atom. The van der Waals surface area contributed by atoms with Crippen LogP contribution in [0.25, 0.3) is 0 Å². The Morgan fingerprint density at radius 3 is 2.29 bits per heavy atom. The van der Waals surface area contributed by atoms with Crippen LogP contribution in [0.1, 0.15) is 47.1 Å². The quantitative estimate of drug-likeness (QED) is 0.358. The summed E-state index contributed by atoms with van der Waals surface area (Å²) in [6.07, 6.45) is -1.77. The van der Waals surface area contributed by atoms with E-state index >= 15 is 0 Å². The van der Waals surface area contributed by atoms with Gasteiger partial charge in [0.05, 0.1) is 18.8 Å². The zero-order valence-corrected chi connectivity index (χ0v) is 24.2. The van der Waals surface area contributed by atoms with Gasteiger partial charge in [-0.2, -0.15) is 0 Å². The fourth-order valence-electron chi connectivity index (χ4n) is 4.44. The molecule has 0 aliphatic carbocycles. The van der Waals surface area contributed by atoms with E-state index in [1.54, 1.807) is 14.0 Å². The molecule has 8 heteroatoms. The first-order chi connectivity index (χ1) is 16.2. The van der Waals surface area contributed by atoms with Gasteiger partial charge in [0.2, 0.25) is 5.79 Å². The summed E-state index contributed by atoms with van der Waals surface area (Å²) >= 11 is 0. The first-order valence-electron chi connectivity index (χ1n) is 12.5. The van der Waals surface area contributed by atoms with Gasteiger partial charge in [0, 0.05) is 26.1 Å². The van der Waals surface area contributed by atoms with Crippen LogP contribution in [0.15, 0.2) is 30.3 Å². The van der Waals surface area contributed by atoms with Gasteiger partial charge < -0.3 is 28.5 Å². The molecule has 1 saturated heterocycles. The Balaban J connectivity index is 2.40. The average molecular weight is 511 g/mol. The number of ether oxygens (including phenoxy) is 4. The van der Waals surface area contributed by atoms with Gasteiger partial charge in [0.15, 0.2) is 8.32 Å². The fourth-order valence-corrected chi connectivity index (χ4v) is 5.81. The van der Waals surface area contributed by atoms with Crippen molar-refractivity contribution >= 4 is 14.3 Å². The Labute approximate surface area is 212 Å². The SMILES string of the molecule is COC[C@H](C)[C@@H]1O[C@@](O)([C@@H](C)C(=O)OCc2ccccc2)[C@H](OC)[C@@H](O[Si](C)(C)C(C)(C)C)[C@@H]1C. The third-order valence-electron chi connectivity index (χ3n) is 7.75. The zero-order chi connectivity index (χ0) is 26.6. The fraction of sp³-hybridized carbons (Fsp3) is 0.741. The van der Waals surface area contributed by atoms with E-state index in [2.05, 4.69) is 40.8 Å². The number of benzene rings is 1. The molecule has 1 aliphatic rings. The molecule has 35 heavy (non-hydrogen) atoms. The molecule has 7 atom stereocenters. The second-order valence-electron chi connectivity index (χ2n) is 11.4. The van der Waals surface area contributed by atoms with Crippen molar-refractivity contribution in [1.82, 2.24) is 0 Å². The lowest BCUT2D eigenvalue weighted by molar-refractivity contribution is -0.361. The van der Waals surface area contributed by atoms with Crippen molar-refractivity contribution in [3.05, 3.63) is 35.9 Å². The van der Waals surface area contributed by atoms with E-state index in [1.165, 1.54) is 7.11 Å². The molecule has 0 amide bonds. The lowest BCUT2D eigenvalue weighted by Gasteiger charge is -2.54. The topological polar surface area (TPSA) is 83.5 Å². The Hall–Kier alpha value is -1.29. The molecule has 0 saturated carbocycles. The van der Waals surface area contributed by atoms with Gasteiger partial charge in [-0.3, -0.25) is 4.79 Å². The van der Waals surface area contributed by atoms with E-state index in [0.29, 0.717) is 6.61 Å². The molecule has 0 bridgehead atoms. The summed E-state index contributed by atoms with van der Waals surface area (Å²) in [6.45, 7) is 17.1. The number of aliphatic hydroxyl groups is 1. The van der Waals surface area contributed by atoms with Gasteiger partial charge in [0.1, 0.15) is 18.6 Å². The minimum Gasteiger partial charge on any atom is -0.460 e. The minimum absolute atomic E-state index is 0.0441. The summed E-state index contributed by atoms with van der Waals surface area (Å²) in [4.78, 5) is 13.1. The van der Waals surface area contributed by atoms with Gasteiger partial charge in [-0.25, -0.2) is 0 Å². The number of esters is 1. The normalized spacial score (nSPS) is 29.5. The summed E-state index contributed by atoms with van der Waals surface area (Å²) < 4.78 is 30.0. The van der Waals surface area contributed by atoms with Crippen LogP contribution >= 0.6 is 0 Å². The molecule has 0 aromatic heterocycles. The molecule has 1 aliphatic heterocycles. The molecule has 1 aromatic rings. The molecule has 1 N–H and O–H groups in total. The van der Waals surface area contributed by atoms with E-state index in [4.69, 9.17) is 23.4 Å². The molecular weight excluding hydrogens is 464 g/mol. The van der Waals surface area contributed by atoms with Crippen LogP contribution < -0.4 is 0 Å². The molecule has 0 unspecified atom stereocenters. The van der Waals surface area contributed by atoms with Crippen molar-refractivity contribution in [1.29, 1.82) is 0 Å². The summed E-state index contributed by atoms with van der Waals surface area (Å²) in [5, 5.41) is 11.9. The number of carbonyl (C=O) groups is 1. The predicted molar refractivity (Wildman–Crippen MR) is 138 cm³/mol. The maximum absolute atomic E-state index is 13.1. The Morgan fingerprint density at radius 2 is 1.77 bits per heavy atom. The number of carbonyl (C=O) groups excluding carboxylic acids is 1. The van der Waals surface area contributed by atoms with Gasteiger partial charge in [-0.15, -0.1) is 0 Å². The Bertz CT molecular complexity index is 809. The van der Waals surface area contributed by atoms with Crippen molar-refractivity contribution in [2.45, 2.75) is 90.4 Å². The first kappa shape index (κ1) is 29.9. The molecule has 0 radical (unpaired) electrons. The van der Waals surface area contributed by atoms with Crippen molar-refractivity contribution in [2.75, 3.05) is 20.8 Å². The predicted octanol–water partition coefficient (Wildman–Crippen LogP) is 4.78. The molecule has 2 rings (SSSR count). The van der Waals surface area contributed by atoms with Gasteiger partial charge >= 0.3 is 5.97 Å². The van der Waals surface area contributed by atoms with Crippen molar-refractivity contribution in [3.8, 4) is 0 Å². The van der Waals surface area contributed by atoms with Crippen LogP contribution in [-0.2, 0) is 34.8 Å². The molecule has 7 nitrogen and oxygen atoms in total. The smallest absolute Gasteiger partial charge is 0.314 e. The third-order valence-corrected chi connectivity index (χ3v) is 12.2. The molecule has 1 aromatic carbocycles. The molecular formula is C27H46O7Si. The molecule has 0 spiro atoms. The van der Waals surface area contributed by atoms with Crippen LogP contribution in [0, 0.1) is 17.8 Å². The monoisotopic (exact) mass is 510 g/mol. The van der Waals surface area contributed by atoms with Gasteiger partial charge in [0.25, 0.3) is 0 Å². The molecule has 1 heterocycles. The van der Waals surface area contributed by atoms with E-state index < -0.39 is 44.3 Å². The van der Waals surface area contributed by atoms with Crippen LogP contribution in [0.2, 0.25) is 18.1 Å². The highest BCUT2D eigenvalue weighted by atomic mass is 28.4. The molecule has 200 valence electrons. The van der Waals surface area contributed by atoms with Crippen LogP contribution in [0.5, 0.6) is 0 Å². The van der Waals surface area contributed by atoms with Crippen LogP contribution in [0.3, 0.4) is 0 Å². The van der Waals surface area contributed by atoms with E-state index in [1.807, 2.05) is 37.3 Å². The van der Waals surface area contributed by atoms with Crippen molar-refractivity contribution in [3.63, 3.8) is 0 Å². The zero-order valence-electron chi connectivity index (χ0n) is 23.2. The second-order valence-corrected chi connectivity index (χ2v) is 16.2. The highest BCUT2D eigenvalue weighted by molar-refractivity contribution is 6.74. The second kappa shape index (κ2) is 11.8. The minimum atomic E-state index is -2.25. The number of rotatable bonds is 10. The van der Waals surface area contributed by atoms with Crippen LogP contribution in [0.4, 0.5) is 0 Å². The van der Waals surface area contributed by atoms with Crippen LogP contribution in [-0.4, -0.2) is 64.3 Å². The standard InChI is InChI=1S/C27H46O7Si/c1-18(16-30-7)22-19(2)23(34-35(9,10)26(4,5)6)24(31-8)27(29,33-22)20(3)25(28)32-17-21-14-12-11-13-15-21/h11-15,18-20,22-24,29H,16-17H2,1-10H3/t18-,19+,20-,22-,23-,24+,27-/m0/s1. The Kier molecular flexibility index (Phi) is 10.1. The lowest BCUT2D eigenvalue weighted by atomic mass is 9.78. The summed E-state index contributed by atoms with van der Waals surface area (Å²) in [6, 6.07) is 9.44. The number of hydrogen-bond donors (Lipinski definition) is 1. The maximum atomic E-state index is 13.1. The number of methoxy groups -OCH3 is 2. The largest absolute Gasteiger partial charge is 0.460 e. The van der Waals surface area contributed by atoms with Crippen molar-refractivity contribution in [2.24, 2.45) is 17.8 Å². The average Bonchev–Trinajstić information content (AvgIpc) is 2.79. The van der Waals surface area contributed by atoms with E-state index in [9.17, 15) is 9.90 Å². The van der Waals surface area contributed by atoms with Crippen molar-refractivity contribution < 1.29 is 33.3 Å². The van der Waals surface area contributed by atoms with Gasteiger partial charge in [-0.1, -0.05) is 65.0 Å².